The minimum atomic E-state index is -0.567. The molecule has 0 aromatic heterocycles. The van der Waals surface area contributed by atoms with E-state index in [9.17, 15) is 9.90 Å². The van der Waals surface area contributed by atoms with Crippen LogP contribution >= 0.6 is 0 Å². The lowest BCUT2D eigenvalue weighted by Crippen LogP contribution is -2.48. The van der Waals surface area contributed by atoms with E-state index in [4.69, 9.17) is 0 Å². The second-order valence-corrected chi connectivity index (χ2v) is 6.03. The molecule has 0 bridgehead atoms. The Kier molecular flexibility index (Phi) is 4.98. The van der Waals surface area contributed by atoms with Crippen LogP contribution in [-0.2, 0) is 0 Å². The molecule has 1 rings (SSSR count). The summed E-state index contributed by atoms with van der Waals surface area (Å²) in [7, 11) is 0. The number of nitrogens with one attached hydrogen (secondary N) is 1. The molecule has 2 N–H and O–H groups in total. The fourth-order valence-corrected chi connectivity index (χ4v) is 2.42. The van der Waals surface area contributed by atoms with Crippen molar-refractivity contribution in [2.24, 2.45) is 0 Å². The predicted octanol–water partition coefficient (Wildman–Crippen LogP) is 3.12. The van der Waals surface area contributed by atoms with Crippen molar-refractivity contribution in [1.82, 2.24) is 5.32 Å². The van der Waals surface area contributed by atoms with Crippen LogP contribution in [0.1, 0.15) is 58.4 Å². The number of rotatable bonds is 4. The summed E-state index contributed by atoms with van der Waals surface area (Å²) in [6, 6.07) is 0. The van der Waals surface area contributed by atoms with Gasteiger partial charge in [0.25, 0.3) is 5.91 Å². The normalized spacial score (nSPS) is 14.0. The highest BCUT2D eigenvalue weighted by molar-refractivity contribution is 5.98. The Balaban J connectivity index is 3.31. The molecule has 112 valence electrons. The number of aliphatic hydroxyl groups excluding tert-OH is 1. The summed E-state index contributed by atoms with van der Waals surface area (Å²) in [5.41, 5.74) is 5.82. The summed E-state index contributed by atoms with van der Waals surface area (Å²) in [5.74, 6) is -0.0930. The third-order valence-electron chi connectivity index (χ3n) is 4.77. The van der Waals surface area contributed by atoms with Gasteiger partial charge in [-0.2, -0.15) is 0 Å². The average molecular weight is 277 g/mol. The van der Waals surface area contributed by atoms with Gasteiger partial charge in [-0.05, 0) is 75.8 Å². The van der Waals surface area contributed by atoms with E-state index in [2.05, 4.69) is 26.1 Å². The molecule has 1 atom stereocenters. The van der Waals surface area contributed by atoms with E-state index in [0.717, 1.165) is 16.7 Å². The lowest BCUT2D eigenvalue weighted by atomic mass is 9.88. The third kappa shape index (κ3) is 2.88. The molecule has 0 aliphatic heterocycles. The van der Waals surface area contributed by atoms with Crippen LogP contribution in [-0.4, -0.2) is 23.2 Å². The molecule has 0 aliphatic rings. The van der Waals surface area contributed by atoms with E-state index in [-0.39, 0.29) is 12.5 Å². The Morgan fingerprint density at radius 1 is 1.00 bits per heavy atom. The second kappa shape index (κ2) is 5.96. The number of hydrogen-bond acceptors (Lipinski definition) is 2. The number of benzene rings is 1. The van der Waals surface area contributed by atoms with Crippen molar-refractivity contribution < 1.29 is 9.90 Å². The first kappa shape index (κ1) is 16.7. The summed E-state index contributed by atoms with van der Waals surface area (Å²) in [6.45, 7) is 14.0. The molecule has 3 heteroatoms. The molecule has 0 saturated carbocycles. The van der Waals surface area contributed by atoms with Gasteiger partial charge in [0, 0.05) is 5.56 Å². The van der Waals surface area contributed by atoms with Crippen molar-refractivity contribution in [2.75, 3.05) is 6.61 Å². The SMILES string of the molecule is CCC(C)(CO)NC(=O)c1c(C)c(C)c(C)c(C)c1C. The summed E-state index contributed by atoms with van der Waals surface area (Å²) in [4.78, 5) is 12.6. The molecule has 20 heavy (non-hydrogen) atoms. The highest BCUT2D eigenvalue weighted by Crippen LogP contribution is 2.26. The topological polar surface area (TPSA) is 49.3 Å². The van der Waals surface area contributed by atoms with Gasteiger partial charge in [0.1, 0.15) is 0 Å². The first-order valence-corrected chi connectivity index (χ1v) is 7.18. The van der Waals surface area contributed by atoms with Gasteiger partial charge >= 0.3 is 0 Å². The predicted molar refractivity (Wildman–Crippen MR) is 83.4 cm³/mol. The Bertz CT molecular complexity index is 499. The number of aliphatic hydroxyl groups is 1. The first-order valence-electron chi connectivity index (χ1n) is 7.18. The molecule has 0 aliphatic carbocycles. The Morgan fingerprint density at radius 3 is 1.75 bits per heavy atom. The zero-order valence-electron chi connectivity index (χ0n) is 13.8. The number of carbonyl (C=O) groups is 1. The van der Waals surface area contributed by atoms with Gasteiger partial charge in [-0.1, -0.05) is 6.92 Å². The molecule has 0 fully saturated rings. The van der Waals surface area contributed by atoms with Gasteiger partial charge in [0.15, 0.2) is 0 Å². The molecular weight excluding hydrogens is 250 g/mol. The average Bonchev–Trinajstić information content (AvgIpc) is 2.43. The maximum Gasteiger partial charge on any atom is 0.252 e. The fourth-order valence-electron chi connectivity index (χ4n) is 2.42. The second-order valence-electron chi connectivity index (χ2n) is 6.03. The van der Waals surface area contributed by atoms with E-state index < -0.39 is 5.54 Å². The zero-order chi connectivity index (χ0) is 15.7. The van der Waals surface area contributed by atoms with Crippen LogP contribution in [0.2, 0.25) is 0 Å². The maximum absolute atomic E-state index is 12.6. The van der Waals surface area contributed by atoms with E-state index in [1.54, 1.807) is 0 Å². The van der Waals surface area contributed by atoms with Gasteiger partial charge in [-0.25, -0.2) is 0 Å². The summed E-state index contributed by atoms with van der Waals surface area (Å²) in [5, 5.41) is 12.4. The lowest BCUT2D eigenvalue weighted by Gasteiger charge is -2.28. The van der Waals surface area contributed by atoms with Gasteiger partial charge in [0.05, 0.1) is 12.1 Å². The molecule has 0 spiro atoms. The van der Waals surface area contributed by atoms with Crippen LogP contribution in [0.4, 0.5) is 0 Å². The highest BCUT2D eigenvalue weighted by atomic mass is 16.3. The molecule has 3 nitrogen and oxygen atoms in total. The Labute approximate surface area is 122 Å². The number of amides is 1. The molecular formula is C17H27NO2. The van der Waals surface area contributed by atoms with Crippen LogP contribution in [0.25, 0.3) is 0 Å². The van der Waals surface area contributed by atoms with E-state index in [1.807, 2.05) is 27.7 Å². The van der Waals surface area contributed by atoms with Crippen molar-refractivity contribution >= 4 is 5.91 Å². The molecule has 1 amide bonds. The van der Waals surface area contributed by atoms with E-state index >= 15 is 0 Å². The summed E-state index contributed by atoms with van der Waals surface area (Å²) in [6.07, 6.45) is 0.692. The van der Waals surface area contributed by atoms with Crippen LogP contribution in [0.15, 0.2) is 0 Å². The smallest absolute Gasteiger partial charge is 0.252 e. The monoisotopic (exact) mass is 277 g/mol. The van der Waals surface area contributed by atoms with Crippen molar-refractivity contribution in [3.63, 3.8) is 0 Å². The molecule has 0 radical (unpaired) electrons. The summed E-state index contributed by atoms with van der Waals surface area (Å²) >= 11 is 0. The van der Waals surface area contributed by atoms with Crippen LogP contribution in [0.3, 0.4) is 0 Å². The molecule has 0 heterocycles. The Hall–Kier alpha value is -1.35. The number of hydrogen-bond donors (Lipinski definition) is 2. The quantitative estimate of drug-likeness (QED) is 0.888. The minimum absolute atomic E-state index is 0.0584. The van der Waals surface area contributed by atoms with Crippen molar-refractivity contribution in [2.45, 2.75) is 60.4 Å². The highest BCUT2D eigenvalue weighted by Gasteiger charge is 2.26. The minimum Gasteiger partial charge on any atom is -0.394 e. The molecule has 1 aromatic carbocycles. The molecule has 1 unspecified atom stereocenters. The van der Waals surface area contributed by atoms with Crippen LogP contribution < -0.4 is 5.32 Å². The standard InChI is InChI=1S/C17H27NO2/c1-8-17(7,9-19)18-16(20)15-13(5)11(3)10(2)12(4)14(15)6/h19H,8-9H2,1-7H3,(H,18,20). The van der Waals surface area contributed by atoms with Gasteiger partial charge in [0.2, 0.25) is 0 Å². The Morgan fingerprint density at radius 2 is 1.40 bits per heavy atom. The lowest BCUT2D eigenvalue weighted by molar-refractivity contribution is 0.0846. The van der Waals surface area contributed by atoms with Crippen LogP contribution in [0, 0.1) is 34.6 Å². The number of carbonyl (C=O) groups excluding carboxylic acids is 1. The van der Waals surface area contributed by atoms with Crippen molar-refractivity contribution in [1.29, 1.82) is 0 Å². The van der Waals surface area contributed by atoms with E-state index in [0.29, 0.717) is 6.42 Å². The molecule has 0 saturated heterocycles. The fraction of sp³-hybridized carbons (Fsp3) is 0.588. The van der Waals surface area contributed by atoms with Gasteiger partial charge in [-0.3, -0.25) is 4.79 Å². The van der Waals surface area contributed by atoms with Gasteiger partial charge in [-0.15, -0.1) is 0 Å². The zero-order valence-corrected chi connectivity index (χ0v) is 13.8. The van der Waals surface area contributed by atoms with Crippen molar-refractivity contribution in [3.8, 4) is 0 Å². The summed E-state index contributed by atoms with van der Waals surface area (Å²) < 4.78 is 0. The van der Waals surface area contributed by atoms with Crippen LogP contribution in [0.5, 0.6) is 0 Å². The van der Waals surface area contributed by atoms with Gasteiger partial charge < -0.3 is 10.4 Å². The largest absolute Gasteiger partial charge is 0.394 e. The molecule has 1 aromatic rings. The first-order chi connectivity index (χ1) is 9.18. The van der Waals surface area contributed by atoms with Crippen molar-refractivity contribution in [3.05, 3.63) is 33.4 Å². The maximum atomic E-state index is 12.6. The van der Waals surface area contributed by atoms with E-state index in [1.165, 1.54) is 16.7 Å². The third-order valence-corrected chi connectivity index (χ3v) is 4.77.